The van der Waals surface area contributed by atoms with Crippen molar-refractivity contribution in [2.75, 3.05) is 0 Å². The molecule has 7 aromatic rings. The molecule has 2 heteroatoms. The molecule has 2 aliphatic carbocycles. The number of aromatic nitrogens is 1. The molecule has 45 heavy (non-hydrogen) atoms. The minimum absolute atomic E-state index is 0.127. The number of hydrogen-bond donors (Lipinski definition) is 0. The molecule has 220 valence electrons. The number of para-hydroxylation sites is 1. The van der Waals surface area contributed by atoms with Crippen molar-refractivity contribution in [3.63, 3.8) is 0 Å². The molecule has 5 aromatic carbocycles. The maximum Gasteiger partial charge on any atom is 0.0719 e. The maximum absolute atomic E-state index is 2.60. The van der Waals surface area contributed by atoms with Crippen LogP contribution in [0.15, 0.2) is 115 Å². The van der Waals surface area contributed by atoms with E-state index in [9.17, 15) is 0 Å². The maximum atomic E-state index is 2.60. The van der Waals surface area contributed by atoms with Gasteiger partial charge in [-0.2, -0.15) is 0 Å². The SMILES string of the molecule is C/C=C1/c2c(ccc3c2ccc2c4ccccc4n(C4C=CC(c5cccc6c5sc5ccccc56)=C4)c32)C(C)(C)C1CCC. The number of benzene rings is 5. The van der Waals surface area contributed by atoms with E-state index in [1.807, 2.05) is 11.3 Å². The third kappa shape index (κ3) is 3.66. The average Bonchev–Trinajstić information content (AvgIpc) is 3.82. The van der Waals surface area contributed by atoms with E-state index in [0.717, 1.165) is 0 Å². The summed E-state index contributed by atoms with van der Waals surface area (Å²) in [6, 6.07) is 34.4. The summed E-state index contributed by atoms with van der Waals surface area (Å²) in [6.07, 6.45) is 12.1. The summed E-state index contributed by atoms with van der Waals surface area (Å²) in [7, 11) is 0. The number of fused-ring (bicyclic) bond motifs is 10. The zero-order valence-electron chi connectivity index (χ0n) is 26.4. The molecule has 2 atom stereocenters. The Bertz CT molecular complexity index is 2440. The smallest absolute Gasteiger partial charge is 0.0719 e. The van der Waals surface area contributed by atoms with Gasteiger partial charge in [-0.05, 0) is 76.1 Å². The van der Waals surface area contributed by atoms with E-state index in [1.54, 1.807) is 0 Å². The monoisotopic (exact) mass is 599 g/mol. The number of hydrogen-bond acceptors (Lipinski definition) is 1. The van der Waals surface area contributed by atoms with Crippen LogP contribution in [0.5, 0.6) is 0 Å². The average molecular weight is 600 g/mol. The standard InChI is InChI=1S/C43H37NS/c1-5-12-36-28(6-2)40-32-21-22-33-30-13-7-9-17-38(30)44(41(33)34(32)23-24-37(40)43(36,3)4)27-20-19-26(25-27)29-15-11-16-35-31-14-8-10-18-39(31)45-42(29)35/h6-11,13-25,27,36H,5,12H2,1-4H3/b28-6+. The fourth-order valence-electron chi connectivity index (χ4n) is 8.77. The Hall–Kier alpha value is -4.40. The first kappa shape index (κ1) is 27.0. The topological polar surface area (TPSA) is 4.93 Å². The Morgan fingerprint density at radius 2 is 1.51 bits per heavy atom. The Morgan fingerprint density at radius 3 is 2.36 bits per heavy atom. The van der Waals surface area contributed by atoms with E-state index >= 15 is 0 Å². The Balaban J connectivity index is 1.28. The molecule has 0 fully saturated rings. The van der Waals surface area contributed by atoms with Crippen LogP contribution in [0.25, 0.3) is 63.9 Å². The van der Waals surface area contributed by atoms with Gasteiger partial charge in [0.1, 0.15) is 0 Å². The second-order valence-electron chi connectivity index (χ2n) is 13.5. The van der Waals surface area contributed by atoms with E-state index in [2.05, 4.69) is 148 Å². The molecule has 2 aliphatic rings. The summed E-state index contributed by atoms with van der Waals surface area (Å²) in [5.74, 6) is 0.550. The summed E-state index contributed by atoms with van der Waals surface area (Å²) in [6.45, 7) is 9.47. The van der Waals surface area contributed by atoms with Crippen molar-refractivity contribution in [2.45, 2.75) is 52.0 Å². The molecule has 0 amide bonds. The lowest BCUT2D eigenvalue weighted by Gasteiger charge is -2.28. The van der Waals surface area contributed by atoms with E-state index in [-0.39, 0.29) is 11.5 Å². The van der Waals surface area contributed by atoms with Crippen molar-refractivity contribution in [3.8, 4) is 0 Å². The zero-order chi connectivity index (χ0) is 30.4. The summed E-state index contributed by atoms with van der Waals surface area (Å²) >= 11 is 1.91. The Kier molecular flexibility index (Phi) is 5.87. The second-order valence-corrected chi connectivity index (χ2v) is 14.5. The van der Waals surface area contributed by atoms with Crippen LogP contribution < -0.4 is 0 Å². The third-order valence-electron chi connectivity index (χ3n) is 10.8. The highest BCUT2D eigenvalue weighted by molar-refractivity contribution is 7.26. The first-order chi connectivity index (χ1) is 22.0. The minimum atomic E-state index is 0.127. The second kappa shape index (κ2) is 9.80. The van der Waals surface area contributed by atoms with Gasteiger partial charge in [0, 0.05) is 41.8 Å². The van der Waals surface area contributed by atoms with Gasteiger partial charge in [-0.25, -0.2) is 0 Å². The van der Waals surface area contributed by atoms with E-state index in [1.165, 1.54) is 93.4 Å². The predicted molar refractivity (Wildman–Crippen MR) is 198 cm³/mol. The van der Waals surface area contributed by atoms with Crippen LogP contribution in [0.4, 0.5) is 0 Å². The largest absolute Gasteiger partial charge is 0.329 e. The lowest BCUT2D eigenvalue weighted by Crippen LogP contribution is -2.23. The summed E-state index contributed by atoms with van der Waals surface area (Å²) < 4.78 is 5.33. The van der Waals surface area contributed by atoms with Gasteiger partial charge in [-0.15, -0.1) is 11.3 Å². The number of rotatable bonds is 4. The molecule has 0 saturated carbocycles. The summed E-state index contributed by atoms with van der Waals surface area (Å²) in [4.78, 5) is 0. The third-order valence-corrected chi connectivity index (χ3v) is 12.0. The lowest BCUT2D eigenvalue weighted by molar-refractivity contribution is 0.388. The van der Waals surface area contributed by atoms with Gasteiger partial charge >= 0.3 is 0 Å². The molecule has 0 radical (unpaired) electrons. The fourth-order valence-corrected chi connectivity index (χ4v) is 10.0. The van der Waals surface area contributed by atoms with Crippen molar-refractivity contribution in [2.24, 2.45) is 5.92 Å². The molecule has 0 spiro atoms. The highest BCUT2D eigenvalue weighted by Crippen LogP contribution is 2.55. The summed E-state index contributed by atoms with van der Waals surface area (Å²) in [5.41, 5.74) is 9.92. The first-order valence-corrected chi connectivity index (χ1v) is 17.3. The molecular weight excluding hydrogens is 563 g/mol. The molecule has 2 heterocycles. The van der Waals surface area contributed by atoms with Gasteiger partial charge in [0.25, 0.3) is 0 Å². The van der Waals surface area contributed by atoms with Crippen molar-refractivity contribution in [1.82, 2.24) is 4.57 Å². The fraction of sp³-hybridized carbons (Fsp3) is 0.209. The van der Waals surface area contributed by atoms with Gasteiger partial charge < -0.3 is 4.57 Å². The molecule has 2 aromatic heterocycles. The van der Waals surface area contributed by atoms with Crippen molar-refractivity contribution in [1.29, 1.82) is 0 Å². The van der Waals surface area contributed by atoms with Gasteiger partial charge in [-0.1, -0.05) is 124 Å². The predicted octanol–water partition coefficient (Wildman–Crippen LogP) is 12.6. The Labute approximate surface area is 268 Å². The van der Waals surface area contributed by atoms with Crippen molar-refractivity contribution < 1.29 is 0 Å². The Morgan fingerprint density at radius 1 is 0.778 bits per heavy atom. The van der Waals surface area contributed by atoms with Gasteiger partial charge in [-0.3, -0.25) is 0 Å². The molecule has 0 bridgehead atoms. The van der Waals surface area contributed by atoms with E-state index < -0.39 is 0 Å². The number of nitrogens with zero attached hydrogens (tertiary/aromatic N) is 1. The van der Waals surface area contributed by atoms with Crippen LogP contribution in [0.3, 0.4) is 0 Å². The van der Waals surface area contributed by atoms with Crippen molar-refractivity contribution >= 4 is 75.2 Å². The van der Waals surface area contributed by atoms with Gasteiger partial charge in [0.15, 0.2) is 0 Å². The quantitative estimate of drug-likeness (QED) is 0.190. The zero-order valence-corrected chi connectivity index (χ0v) is 27.2. The van der Waals surface area contributed by atoms with Gasteiger partial charge in [0.2, 0.25) is 0 Å². The molecule has 9 rings (SSSR count). The molecule has 0 saturated heterocycles. The normalized spacial score (nSPS) is 20.0. The molecule has 0 aliphatic heterocycles. The van der Waals surface area contributed by atoms with E-state index in [4.69, 9.17) is 0 Å². The molecule has 1 nitrogen and oxygen atoms in total. The summed E-state index contributed by atoms with van der Waals surface area (Å²) in [5, 5.41) is 8.12. The van der Waals surface area contributed by atoms with Crippen LogP contribution in [0.2, 0.25) is 0 Å². The highest BCUT2D eigenvalue weighted by Gasteiger charge is 2.42. The van der Waals surface area contributed by atoms with Crippen LogP contribution in [0, 0.1) is 5.92 Å². The van der Waals surface area contributed by atoms with Crippen molar-refractivity contribution in [3.05, 3.63) is 132 Å². The van der Waals surface area contributed by atoms with E-state index in [0.29, 0.717) is 5.92 Å². The number of thiophene rings is 1. The minimum Gasteiger partial charge on any atom is -0.329 e. The molecule has 2 unspecified atom stereocenters. The lowest BCUT2D eigenvalue weighted by atomic mass is 9.75. The van der Waals surface area contributed by atoms with Crippen LogP contribution >= 0.6 is 11.3 Å². The van der Waals surface area contributed by atoms with Gasteiger partial charge in [0.05, 0.1) is 11.6 Å². The number of allylic oxidation sites excluding steroid dienone is 6. The highest BCUT2D eigenvalue weighted by atomic mass is 32.1. The van der Waals surface area contributed by atoms with Crippen LogP contribution in [0.1, 0.15) is 63.3 Å². The van der Waals surface area contributed by atoms with Crippen LogP contribution in [-0.2, 0) is 5.41 Å². The molecular formula is C43H37NS. The molecule has 0 N–H and O–H groups in total. The van der Waals surface area contributed by atoms with Crippen LogP contribution in [-0.4, -0.2) is 4.57 Å². The first-order valence-electron chi connectivity index (χ1n) is 16.5.